The molecule has 0 spiro atoms. The maximum absolute atomic E-state index is 13.4. The van der Waals surface area contributed by atoms with Crippen molar-refractivity contribution in [2.75, 3.05) is 19.7 Å². The number of ether oxygens (including phenoxy) is 1. The summed E-state index contributed by atoms with van der Waals surface area (Å²) >= 11 is 0. The van der Waals surface area contributed by atoms with E-state index in [9.17, 15) is 24.0 Å². The first kappa shape index (κ1) is 32.0. The summed E-state index contributed by atoms with van der Waals surface area (Å²) in [6.45, 7) is 9.35. The van der Waals surface area contributed by atoms with Gasteiger partial charge in [-0.2, -0.15) is 0 Å². The van der Waals surface area contributed by atoms with E-state index in [0.717, 1.165) is 12.8 Å². The van der Waals surface area contributed by atoms with Crippen LogP contribution in [0.25, 0.3) is 10.4 Å². The van der Waals surface area contributed by atoms with Crippen LogP contribution in [0.4, 0.5) is 0 Å². The van der Waals surface area contributed by atoms with E-state index in [1.807, 2.05) is 20.8 Å². The third-order valence-corrected chi connectivity index (χ3v) is 7.03. The van der Waals surface area contributed by atoms with Crippen LogP contribution in [-0.4, -0.2) is 83.8 Å². The summed E-state index contributed by atoms with van der Waals surface area (Å²) in [7, 11) is 0. The molecule has 218 valence electrons. The predicted octanol–water partition coefficient (Wildman–Crippen LogP) is 1.75. The number of likely N-dealkylation sites (tertiary alicyclic amines) is 1. The van der Waals surface area contributed by atoms with Crippen LogP contribution in [0.5, 0.6) is 0 Å². The van der Waals surface area contributed by atoms with Gasteiger partial charge < -0.3 is 25.6 Å². The second-order valence-electron chi connectivity index (χ2n) is 11.0. The SMILES string of the molecule is CCCC[C@H](NC(=O)[C@@H]1CCCCN1C(=O)[C@H](C)NC(=O)CN=[N+]=[N-])C(=O)N[C@@H](CC(C)C)C(=O)[C@@]1(C)CO1. The Balaban J connectivity index is 2.12. The summed E-state index contributed by atoms with van der Waals surface area (Å²) in [6.07, 6.45) is 4.18. The minimum Gasteiger partial charge on any atom is -0.361 e. The number of hydrogen-bond donors (Lipinski definition) is 3. The van der Waals surface area contributed by atoms with Gasteiger partial charge in [-0.1, -0.05) is 38.7 Å². The fourth-order valence-corrected chi connectivity index (χ4v) is 4.70. The largest absolute Gasteiger partial charge is 0.361 e. The highest BCUT2D eigenvalue weighted by molar-refractivity contribution is 5.98. The Bertz CT molecular complexity index is 960. The third kappa shape index (κ3) is 9.50. The van der Waals surface area contributed by atoms with E-state index in [4.69, 9.17) is 10.3 Å². The first-order chi connectivity index (χ1) is 18.4. The monoisotopic (exact) mass is 549 g/mol. The van der Waals surface area contributed by atoms with E-state index in [1.54, 1.807) is 6.92 Å². The number of unbranched alkanes of at least 4 members (excludes halogenated alkanes) is 1. The summed E-state index contributed by atoms with van der Waals surface area (Å²) in [4.78, 5) is 68.8. The molecular weight excluding hydrogens is 506 g/mol. The number of nitrogens with one attached hydrogen (secondary N) is 3. The van der Waals surface area contributed by atoms with E-state index >= 15 is 0 Å². The predicted molar refractivity (Wildman–Crippen MR) is 143 cm³/mol. The highest BCUT2D eigenvalue weighted by Crippen LogP contribution is 2.29. The molecule has 2 fully saturated rings. The van der Waals surface area contributed by atoms with Gasteiger partial charge in [-0.05, 0) is 57.4 Å². The molecule has 5 atom stereocenters. The quantitative estimate of drug-likeness (QED) is 0.121. The number of azide groups is 1. The van der Waals surface area contributed by atoms with Gasteiger partial charge in [0, 0.05) is 11.5 Å². The molecule has 2 heterocycles. The fourth-order valence-electron chi connectivity index (χ4n) is 4.70. The number of carbonyl (C=O) groups excluding carboxylic acids is 5. The Kier molecular flexibility index (Phi) is 12.2. The number of Topliss-reactive ketones (excluding diaryl/α,β-unsaturated/α-hetero) is 1. The van der Waals surface area contributed by atoms with E-state index in [1.165, 1.54) is 11.8 Å². The van der Waals surface area contributed by atoms with E-state index < -0.39 is 59.9 Å². The Morgan fingerprint density at radius 3 is 2.38 bits per heavy atom. The molecule has 0 aromatic rings. The van der Waals surface area contributed by atoms with Gasteiger partial charge in [0.1, 0.15) is 30.3 Å². The van der Waals surface area contributed by atoms with Crippen LogP contribution in [0.1, 0.15) is 79.6 Å². The van der Waals surface area contributed by atoms with Gasteiger partial charge in [-0.3, -0.25) is 24.0 Å². The minimum absolute atomic E-state index is 0.154. The highest BCUT2D eigenvalue weighted by Gasteiger charge is 2.50. The highest BCUT2D eigenvalue weighted by atomic mass is 16.6. The normalized spacial score (nSPS) is 22.6. The number of ketones is 1. The number of piperidine rings is 1. The molecular formula is C26H43N7O6. The lowest BCUT2D eigenvalue weighted by molar-refractivity contribution is -0.145. The van der Waals surface area contributed by atoms with Crippen molar-refractivity contribution in [1.82, 2.24) is 20.9 Å². The summed E-state index contributed by atoms with van der Waals surface area (Å²) in [5.74, 6) is -1.94. The first-order valence-electron chi connectivity index (χ1n) is 13.8. The minimum atomic E-state index is -0.923. The van der Waals surface area contributed by atoms with Crippen molar-refractivity contribution in [3.63, 3.8) is 0 Å². The number of rotatable bonds is 15. The lowest BCUT2D eigenvalue weighted by Gasteiger charge is -2.37. The van der Waals surface area contributed by atoms with Gasteiger partial charge >= 0.3 is 0 Å². The number of nitrogens with zero attached hydrogens (tertiary/aromatic N) is 4. The maximum Gasteiger partial charge on any atom is 0.245 e. The summed E-state index contributed by atoms with van der Waals surface area (Å²) in [5, 5.41) is 11.4. The number of carbonyl (C=O) groups is 5. The molecule has 2 rings (SSSR count). The van der Waals surface area contributed by atoms with Crippen LogP contribution in [0.15, 0.2) is 5.11 Å². The zero-order valence-corrected chi connectivity index (χ0v) is 23.7. The molecule has 2 saturated heterocycles. The van der Waals surface area contributed by atoms with Crippen LogP contribution >= 0.6 is 0 Å². The summed E-state index contributed by atoms with van der Waals surface area (Å²) < 4.78 is 5.31. The van der Waals surface area contributed by atoms with E-state index in [0.29, 0.717) is 45.3 Å². The van der Waals surface area contributed by atoms with Crippen molar-refractivity contribution < 1.29 is 28.7 Å². The summed E-state index contributed by atoms with van der Waals surface area (Å²) in [6, 6.07) is -3.32. The maximum atomic E-state index is 13.4. The number of hydrogen-bond acceptors (Lipinski definition) is 7. The van der Waals surface area contributed by atoms with E-state index in [2.05, 4.69) is 26.0 Å². The van der Waals surface area contributed by atoms with E-state index in [-0.39, 0.29) is 11.7 Å². The molecule has 0 radical (unpaired) electrons. The van der Waals surface area contributed by atoms with Crippen molar-refractivity contribution in [3.8, 4) is 0 Å². The summed E-state index contributed by atoms with van der Waals surface area (Å²) in [5.41, 5.74) is 7.50. The second kappa shape index (κ2) is 14.8. The molecule has 13 nitrogen and oxygen atoms in total. The van der Waals surface area contributed by atoms with Crippen LogP contribution in [-0.2, 0) is 28.7 Å². The van der Waals surface area contributed by atoms with Gasteiger partial charge in [0.05, 0.1) is 12.6 Å². The number of epoxide rings is 1. The topological polar surface area (TPSA) is 186 Å². The molecule has 0 aromatic carbocycles. The van der Waals surface area contributed by atoms with Crippen molar-refractivity contribution in [3.05, 3.63) is 10.4 Å². The Morgan fingerprint density at radius 2 is 1.79 bits per heavy atom. The Morgan fingerprint density at radius 1 is 1.10 bits per heavy atom. The average molecular weight is 550 g/mol. The second-order valence-corrected chi connectivity index (χ2v) is 11.0. The molecule has 2 aliphatic heterocycles. The average Bonchev–Trinajstić information content (AvgIpc) is 3.66. The Labute approximate surface area is 229 Å². The van der Waals surface area contributed by atoms with Gasteiger partial charge in [0.25, 0.3) is 0 Å². The molecule has 0 aliphatic carbocycles. The standard InChI is InChI=1S/C26H43N7O6/c1-6-7-10-18(23(36)31-19(13-16(2)3)22(35)26(5)15-39-26)30-24(37)20-11-8-9-12-33(20)25(38)17(4)29-21(34)14-28-32-27/h16-20H,6-15H2,1-5H3,(H,29,34)(H,30,37)(H,31,36)/t17-,18-,19-,20-,26+/m0/s1. The smallest absolute Gasteiger partial charge is 0.245 e. The molecule has 3 N–H and O–H groups in total. The third-order valence-electron chi connectivity index (χ3n) is 7.03. The molecule has 13 heteroatoms. The molecule has 2 aliphatic rings. The van der Waals surface area contributed by atoms with Crippen LogP contribution < -0.4 is 16.0 Å². The zero-order valence-electron chi connectivity index (χ0n) is 23.7. The van der Waals surface area contributed by atoms with Crippen molar-refractivity contribution >= 4 is 29.4 Å². The van der Waals surface area contributed by atoms with Crippen molar-refractivity contribution in [2.24, 2.45) is 11.0 Å². The van der Waals surface area contributed by atoms with Crippen LogP contribution in [0, 0.1) is 5.92 Å². The van der Waals surface area contributed by atoms with Crippen molar-refractivity contribution in [2.45, 2.75) is 109 Å². The molecule has 0 bridgehead atoms. The van der Waals surface area contributed by atoms with Crippen LogP contribution in [0.2, 0.25) is 0 Å². The lowest BCUT2D eigenvalue weighted by atomic mass is 9.93. The molecule has 39 heavy (non-hydrogen) atoms. The molecule has 0 saturated carbocycles. The van der Waals surface area contributed by atoms with Gasteiger partial charge in [-0.15, -0.1) is 0 Å². The lowest BCUT2D eigenvalue weighted by Crippen LogP contribution is -2.60. The molecule has 0 unspecified atom stereocenters. The number of amides is 4. The van der Waals surface area contributed by atoms with Crippen LogP contribution in [0.3, 0.4) is 0 Å². The van der Waals surface area contributed by atoms with Gasteiger partial charge in [0.2, 0.25) is 23.6 Å². The Hall–Kier alpha value is -3.18. The van der Waals surface area contributed by atoms with Crippen molar-refractivity contribution in [1.29, 1.82) is 0 Å². The first-order valence-corrected chi connectivity index (χ1v) is 13.8. The van der Waals surface area contributed by atoms with Gasteiger partial charge in [-0.25, -0.2) is 0 Å². The zero-order chi connectivity index (χ0) is 29.2. The molecule has 4 amide bonds. The van der Waals surface area contributed by atoms with Gasteiger partial charge in [0.15, 0.2) is 5.78 Å². The molecule has 0 aromatic heterocycles. The fraction of sp³-hybridized carbons (Fsp3) is 0.808.